The number of ether oxygens (including phenoxy) is 2. The highest BCUT2D eigenvalue weighted by Gasteiger charge is 2.40. The van der Waals surface area contributed by atoms with Gasteiger partial charge in [-0.15, -0.1) is 0 Å². The summed E-state index contributed by atoms with van der Waals surface area (Å²) >= 11 is 0. The largest absolute Gasteiger partial charge is 0.348 e. The van der Waals surface area contributed by atoms with Crippen LogP contribution in [0.3, 0.4) is 0 Å². The third kappa shape index (κ3) is 1.73. The zero-order valence-electron chi connectivity index (χ0n) is 9.43. The minimum absolute atomic E-state index is 0.304. The van der Waals surface area contributed by atoms with Gasteiger partial charge in [-0.1, -0.05) is 11.1 Å². The molecular formula is C12H20O2. The van der Waals surface area contributed by atoms with E-state index in [0.29, 0.717) is 5.92 Å². The van der Waals surface area contributed by atoms with Gasteiger partial charge in [0.25, 0.3) is 0 Å². The van der Waals surface area contributed by atoms with Gasteiger partial charge >= 0.3 is 0 Å². The Kier molecular flexibility index (Phi) is 2.67. The third-order valence-electron chi connectivity index (χ3n) is 3.75. The monoisotopic (exact) mass is 196 g/mol. The Balaban J connectivity index is 2.07. The molecule has 0 amide bonds. The van der Waals surface area contributed by atoms with Crippen molar-refractivity contribution in [2.24, 2.45) is 5.92 Å². The van der Waals surface area contributed by atoms with Crippen LogP contribution in [-0.2, 0) is 9.47 Å². The summed E-state index contributed by atoms with van der Waals surface area (Å²) in [5.74, 6) is 0.246. The Morgan fingerprint density at radius 3 is 2.36 bits per heavy atom. The average Bonchev–Trinajstić information content (AvgIpc) is 2.58. The Bertz CT molecular complexity index is 249. The Morgan fingerprint density at radius 1 is 1.14 bits per heavy atom. The molecule has 1 saturated heterocycles. The second-order valence-corrected chi connectivity index (χ2v) is 4.71. The maximum Gasteiger partial charge on any atom is 0.168 e. The zero-order chi connectivity index (χ0) is 10.2. The molecule has 1 fully saturated rings. The molecule has 1 aliphatic heterocycles. The molecule has 0 N–H and O–H groups in total. The van der Waals surface area contributed by atoms with E-state index in [-0.39, 0.29) is 5.79 Å². The van der Waals surface area contributed by atoms with Crippen LogP contribution in [0.1, 0.15) is 40.0 Å². The van der Waals surface area contributed by atoms with Crippen molar-refractivity contribution >= 4 is 0 Å². The lowest BCUT2D eigenvalue weighted by Gasteiger charge is -2.35. The number of hydrogen-bond donors (Lipinski definition) is 0. The predicted molar refractivity (Wildman–Crippen MR) is 56.0 cm³/mol. The molecule has 1 atom stereocenters. The Hall–Kier alpha value is -0.340. The maximum atomic E-state index is 5.72. The summed E-state index contributed by atoms with van der Waals surface area (Å²) in [6.45, 7) is 8.09. The zero-order valence-corrected chi connectivity index (χ0v) is 9.43. The summed E-state index contributed by atoms with van der Waals surface area (Å²) in [7, 11) is 0. The molecule has 1 aliphatic carbocycles. The van der Waals surface area contributed by atoms with Crippen molar-refractivity contribution in [2.75, 3.05) is 13.2 Å². The van der Waals surface area contributed by atoms with E-state index in [1.807, 2.05) is 0 Å². The van der Waals surface area contributed by atoms with E-state index in [9.17, 15) is 0 Å². The first kappa shape index (κ1) is 10.2. The van der Waals surface area contributed by atoms with Crippen LogP contribution in [-0.4, -0.2) is 19.0 Å². The fraction of sp³-hybridized carbons (Fsp3) is 0.833. The van der Waals surface area contributed by atoms with Crippen molar-refractivity contribution in [3.8, 4) is 0 Å². The first-order chi connectivity index (χ1) is 6.62. The van der Waals surface area contributed by atoms with Gasteiger partial charge < -0.3 is 9.47 Å². The molecule has 2 rings (SSSR count). The lowest BCUT2D eigenvalue weighted by atomic mass is 9.81. The van der Waals surface area contributed by atoms with Gasteiger partial charge in [-0.2, -0.15) is 0 Å². The molecule has 2 nitrogen and oxygen atoms in total. The summed E-state index contributed by atoms with van der Waals surface area (Å²) in [5.41, 5.74) is 3.09. The quantitative estimate of drug-likeness (QED) is 0.600. The average molecular weight is 196 g/mol. The van der Waals surface area contributed by atoms with Gasteiger partial charge in [-0.25, -0.2) is 0 Å². The molecule has 2 heteroatoms. The van der Waals surface area contributed by atoms with E-state index in [4.69, 9.17) is 9.47 Å². The van der Waals surface area contributed by atoms with Crippen molar-refractivity contribution in [3.05, 3.63) is 11.1 Å². The van der Waals surface area contributed by atoms with Crippen molar-refractivity contribution in [1.29, 1.82) is 0 Å². The number of rotatable bonds is 1. The third-order valence-corrected chi connectivity index (χ3v) is 3.75. The first-order valence-electron chi connectivity index (χ1n) is 5.55. The van der Waals surface area contributed by atoms with Crippen LogP contribution in [0.25, 0.3) is 0 Å². The van der Waals surface area contributed by atoms with Gasteiger partial charge in [-0.05, 0) is 40.0 Å². The molecule has 0 radical (unpaired) electrons. The summed E-state index contributed by atoms with van der Waals surface area (Å²) in [4.78, 5) is 0. The van der Waals surface area contributed by atoms with Crippen LogP contribution in [0.15, 0.2) is 11.1 Å². The Labute approximate surface area is 86.3 Å². The molecule has 1 heterocycles. The summed E-state index contributed by atoms with van der Waals surface area (Å²) < 4.78 is 11.4. The predicted octanol–water partition coefficient (Wildman–Crippen LogP) is 2.89. The maximum absolute atomic E-state index is 5.72. The molecule has 0 spiro atoms. The van der Waals surface area contributed by atoms with E-state index in [1.54, 1.807) is 5.57 Å². The van der Waals surface area contributed by atoms with E-state index >= 15 is 0 Å². The summed E-state index contributed by atoms with van der Waals surface area (Å²) in [5, 5.41) is 0. The first-order valence-corrected chi connectivity index (χ1v) is 5.55. The minimum atomic E-state index is -0.304. The SMILES string of the molecule is CC1=C(C)CC(C2(C)OCCO2)CC1. The van der Waals surface area contributed by atoms with Crippen LogP contribution < -0.4 is 0 Å². The Morgan fingerprint density at radius 2 is 1.79 bits per heavy atom. The smallest absolute Gasteiger partial charge is 0.168 e. The van der Waals surface area contributed by atoms with Crippen LogP contribution >= 0.6 is 0 Å². The topological polar surface area (TPSA) is 18.5 Å². The highest BCUT2D eigenvalue weighted by molar-refractivity contribution is 5.14. The molecular weight excluding hydrogens is 176 g/mol. The van der Waals surface area contributed by atoms with E-state index in [0.717, 1.165) is 19.6 Å². The van der Waals surface area contributed by atoms with Gasteiger partial charge in [0.05, 0.1) is 13.2 Å². The van der Waals surface area contributed by atoms with Gasteiger partial charge in [0.15, 0.2) is 5.79 Å². The highest BCUT2D eigenvalue weighted by Crippen LogP contribution is 2.39. The highest BCUT2D eigenvalue weighted by atomic mass is 16.7. The molecule has 1 unspecified atom stereocenters. The fourth-order valence-electron chi connectivity index (χ4n) is 2.46. The summed E-state index contributed by atoms with van der Waals surface area (Å²) in [6.07, 6.45) is 3.56. The molecule has 0 aromatic rings. The lowest BCUT2D eigenvalue weighted by molar-refractivity contribution is -0.183. The van der Waals surface area contributed by atoms with E-state index < -0.39 is 0 Å². The second kappa shape index (κ2) is 3.67. The van der Waals surface area contributed by atoms with Gasteiger partial charge in [0.1, 0.15) is 0 Å². The minimum Gasteiger partial charge on any atom is -0.348 e. The van der Waals surface area contributed by atoms with Crippen LogP contribution in [0.2, 0.25) is 0 Å². The van der Waals surface area contributed by atoms with Crippen molar-refractivity contribution < 1.29 is 9.47 Å². The lowest BCUT2D eigenvalue weighted by Crippen LogP contribution is -2.37. The van der Waals surface area contributed by atoms with Crippen molar-refractivity contribution in [2.45, 2.75) is 45.8 Å². The van der Waals surface area contributed by atoms with E-state index in [2.05, 4.69) is 20.8 Å². The molecule has 0 bridgehead atoms. The van der Waals surface area contributed by atoms with Crippen molar-refractivity contribution in [3.63, 3.8) is 0 Å². The standard InChI is InChI=1S/C12H20O2/c1-9-4-5-11(8-10(9)2)12(3)13-6-7-14-12/h11H,4-8H2,1-3H3. The molecule has 14 heavy (non-hydrogen) atoms. The van der Waals surface area contributed by atoms with Gasteiger partial charge in [0, 0.05) is 5.92 Å². The van der Waals surface area contributed by atoms with Crippen molar-refractivity contribution in [1.82, 2.24) is 0 Å². The fourth-order valence-corrected chi connectivity index (χ4v) is 2.46. The van der Waals surface area contributed by atoms with E-state index in [1.165, 1.54) is 18.4 Å². The van der Waals surface area contributed by atoms with Crippen LogP contribution in [0.5, 0.6) is 0 Å². The normalized spacial score (nSPS) is 32.4. The molecule has 0 aromatic carbocycles. The summed E-state index contributed by atoms with van der Waals surface area (Å²) in [6, 6.07) is 0. The van der Waals surface area contributed by atoms with Gasteiger partial charge in [-0.3, -0.25) is 0 Å². The number of hydrogen-bond acceptors (Lipinski definition) is 2. The van der Waals surface area contributed by atoms with Crippen LogP contribution in [0.4, 0.5) is 0 Å². The second-order valence-electron chi connectivity index (χ2n) is 4.71. The molecule has 80 valence electrons. The molecule has 2 aliphatic rings. The molecule has 0 aromatic heterocycles. The molecule has 0 saturated carbocycles. The number of allylic oxidation sites excluding steroid dienone is 2. The van der Waals surface area contributed by atoms with Crippen LogP contribution in [0, 0.1) is 5.92 Å². The van der Waals surface area contributed by atoms with Gasteiger partial charge in [0.2, 0.25) is 0 Å².